The molecule has 1 saturated carbocycles. The SMILES string of the molecule is CC(C)(CCN)CNC1CCC1. The fraction of sp³-hybridized carbons (Fsp3) is 1.00. The van der Waals surface area contributed by atoms with E-state index in [1.165, 1.54) is 19.3 Å². The third kappa shape index (κ3) is 3.11. The highest BCUT2D eigenvalue weighted by Gasteiger charge is 2.21. The second kappa shape index (κ2) is 4.24. The molecule has 0 spiro atoms. The minimum absolute atomic E-state index is 0.379. The fourth-order valence-corrected chi connectivity index (χ4v) is 1.51. The first-order valence-electron chi connectivity index (χ1n) is 5.07. The molecular formula is C10H22N2. The van der Waals surface area contributed by atoms with Gasteiger partial charge in [0.05, 0.1) is 0 Å². The highest BCUT2D eigenvalue weighted by Crippen LogP contribution is 2.22. The number of rotatable bonds is 5. The quantitative estimate of drug-likeness (QED) is 0.656. The molecule has 0 unspecified atom stereocenters. The van der Waals surface area contributed by atoms with E-state index in [4.69, 9.17) is 5.73 Å². The van der Waals surface area contributed by atoms with Crippen LogP contribution in [-0.2, 0) is 0 Å². The number of nitrogens with one attached hydrogen (secondary N) is 1. The molecule has 0 heterocycles. The van der Waals surface area contributed by atoms with Crippen molar-refractivity contribution in [2.24, 2.45) is 11.1 Å². The van der Waals surface area contributed by atoms with E-state index in [0.29, 0.717) is 5.41 Å². The van der Waals surface area contributed by atoms with Gasteiger partial charge in [-0.1, -0.05) is 20.3 Å². The van der Waals surface area contributed by atoms with E-state index in [0.717, 1.165) is 25.6 Å². The summed E-state index contributed by atoms with van der Waals surface area (Å²) in [5, 5.41) is 3.59. The van der Waals surface area contributed by atoms with Crippen LogP contribution in [0, 0.1) is 5.41 Å². The number of nitrogens with two attached hydrogens (primary N) is 1. The van der Waals surface area contributed by atoms with E-state index in [1.807, 2.05) is 0 Å². The molecule has 0 aliphatic heterocycles. The molecule has 0 aromatic rings. The molecule has 0 amide bonds. The monoisotopic (exact) mass is 170 g/mol. The predicted octanol–water partition coefficient (Wildman–Crippen LogP) is 1.50. The van der Waals surface area contributed by atoms with Crippen molar-refractivity contribution in [2.75, 3.05) is 13.1 Å². The zero-order valence-corrected chi connectivity index (χ0v) is 8.40. The summed E-state index contributed by atoms with van der Waals surface area (Å²) in [6.07, 6.45) is 5.28. The molecule has 1 aliphatic carbocycles. The smallest absolute Gasteiger partial charge is 0.00673 e. The molecule has 72 valence electrons. The van der Waals surface area contributed by atoms with Gasteiger partial charge in [-0.25, -0.2) is 0 Å². The molecule has 1 aliphatic rings. The van der Waals surface area contributed by atoms with Crippen LogP contribution in [0.4, 0.5) is 0 Å². The summed E-state index contributed by atoms with van der Waals surface area (Å²) >= 11 is 0. The molecule has 1 rings (SSSR count). The first-order valence-corrected chi connectivity index (χ1v) is 5.07. The van der Waals surface area contributed by atoms with Gasteiger partial charge in [-0.15, -0.1) is 0 Å². The molecule has 0 radical (unpaired) electrons. The Kier molecular flexibility index (Phi) is 3.53. The van der Waals surface area contributed by atoms with Crippen LogP contribution in [0.1, 0.15) is 39.5 Å². The van der Waals surface area contributed by atoms with Crippen molar-refractivity contribution in [3.05, 3.63) is 0 Å². The lowest BCUT2D eigenvalue weighted by Crippen LogP contribution is -2.41. The second-order valence-electron chi connectivity index (χ2n) is 4.71. The highest BCUT2D eigenvalue weighted by molar-refractivity contribution is 4.80. The van der Waals surface area contributed by atoms with Crippen molar-refractivity contribution in [3.8, 4) is 0 Å². The maximum atomic E-state index is 5.54. The summed E-state index contributed by atoms with van der Waals surface area (Å²) in [6, 6.07) is 0.807. The van der Waals surface area contributed by atoms with E-state index >= 15 is 0 Å². The van der Waals surface area contributed by atoms with Crippen molar-refractivity contribution in [1.29, 1.82) is 0 Å². The topological polar surface area (TPSA) is 38.0 Å². The standard InChI is InChI=1S/C10H22N2/c1-10(2,6-7-11)8-12-9-4-3-5-9/h9,12H,3-8,11H2,1-2H3. The summed E-state index contributed by atoms with van der Waals surface area (Å²) in [5.41, 5.74) is 5.92. The van der Waals surface area contributed by atoms with Gasteiger partial charge in [-0.05, 0) is 31.2 Å². The van der Waals surface area contributed by atoms with Crippen molar-refractivity contribution >= 4 is 0 Å². The molecule has 0 bridgehead atoms. The Hall–Kier alpha value is -0.0800. The lowest BCUT2D eigenvalue weighted by Gasteiger charge is -2.32. The Labute approximate surface area is 75.9 Å². The van der Waals surface area contributed by atoms with E-state index in [2.05, 4.69) is 19.2 Å². The van der Waals surface area contributed by atoms with Gasteiger partial charge in [0.1, 0.15) is 0 Å². The first-order chi connectivity index (χ1) is 5.64. The summed E-state index contributed by atoms with van der Waals surface area (Å²) in [4.78, 5) is 0. The lowest BCUT2D eigenvalue weighted by molar-refractivity contribution is 0.258. The average Bonchev–Trinajstić information content (AvgIpc) is 1.82. The number of hydrogen-bond donors (Lipinski definition) is 2. The minimum Gasteiger partial charge on any atom is -0.330 e. The molecule has 0 aromatic heterocycles. The summed E-state index contributed by atoms with van der Waals surface area (Å²) in [7, 11) is 0. The van der Waals surface area contributed by atoms with E-state index in [9.17, 15) is 0 Å². The van der Waals surface area contributed by atoms with Crippen molar-refractivity contribution in [1.82, 2.24) is 5.32 Å². The zero-order valence-electron chi connectivity index (χ0n) is 8.40. The van der Waals surface area contributed by atoms with Gasteiger partial charge in [-0.3, -0.25) is 0 Å². The van der Waals surface area contributed by atoms with Crippen LogP contribution in [-0.4, -0.2) is 19.1 Å². The summed E-state index contributed by atoms with van der Waals surface area (Å²) in [6.45, 7) is 6.49. The zero-order chi connectivity index (χ0) is 9.03. The average molecular weight is 170 g/mol. The molecule has 2 heteroatoms. The molecule has 0 atom stereocenters. The maximum Gasteiger partial charge on any atom is 0.00673 e. The molecule has 0 saturated heterocycles. The Morgan fingerprint density at radius 1 is 1.42 bits per heavy atom. The third-order valence-electron chi connectivity index (χ3n) is 2.80. The van der Waals surface area contributed by atoms with Crippen LogP contribution in [0.3, 0.4) is 0 Å². The Morgan fingerprint density at radius 2 is 2.08 bits per heavy atom. The van der Waals surface area contributed by atoms with Crippen LogP contribution in [0.15, 0.2) is 0 Å². The van der Waals surface area contributed by atoms with Gasteiger partial charge in [0.25, 0.3) is 0 Å². The Balaban J connectivity index is 2.10. The second-order valence-corrected chi connectivity index (χ2v) is 4.71. The van der Waals surface area contributed by atoms with Crippen LogP contribution < -0.4 is 11.1 Å². The van der Waals surface area contributed by atoms with Gasteiger partial charge >= 0.3 is 0 Å². The number of hydrogen-bond acceptors (Lipinski definition) is 2. The Bertz CT molecular complexity index is 128. The minimum atomic E-state index is 0.379. The van der Waals surface area contributed by atoms with E-state index < -0.39 is 0 Å². The molecule has 1 fully saturated rings. The van der Waals surface area contributed by atoms with E-state index in [1.54, 1.807) is 0 Å². The van der Waals surface area contributed by atoms with Gasteiger partial charge in [0.15, 0.2) is 0 Å². The molecular weight excluding hydrogens is 148 g/mol. The molecule has 3 N–H and O–H groups in total. The maximum absolute atomic E-state index is 5.54. The third-order valence-corrected chi connectivity index (χ3v) is 2.80. The molecule has 0 aromatic carbocycles. The predicted molar refractivity (Wildman–Crippen MR) is 53.1 cm³/mol. The van der Waals surface area contributed by atoms with Crippen molar-refractivity contribution in [2.45, 2.75) is 45.6 Å². The van der Waals surface area contributed by atoms with Gasteiger partial charge in [0.2, 0.25) is 0 Å². The van der Waals surface area contributed by atoms with Gasteiger partial charge < -0.3 is 11.1 Å². The van der Waals surface area contributed by atoms with Crippen LogP contribution >= 0.6 is 0 Å². The molecule has 2 nitrogen and oxygen atoms in total. The highest BCUT2D eigenvalue weighted by atomic mass is 14.9. The summed E-state index contributed by atoms with van der Waals surface area (Å²) < 4.78 is 0. The van der Waals surface area contributed by atoms with Crippen LogP contribution in [0.5, 0.6) is 0 Å². The van der Waals surface area contributed by atoms with Crippen molar-refractivity contribution < 1.29 is 0 Å². The van der Waals surface area contributed by atoms with Gasteiger partial charge in [-0.2, -0.15) is 0 Å². The summed E-state index contributed by atoms with van der Waals surface area (Å²) in [5.74, 6) is 0. The van der Waals surface area contributed by atoms with Crippen LogP contribution in [0.2, 0.25) is 0 Å². The molecule has 12 heavy (non-hydrogen) atoms. The fourth-order valence-electron chi connectivity index (χ4n) is 1.51. The Morgan fingerprint density at radius 3 is 2.50 bits per heavy atom. The largest absolute Gasteiger partial charge is 0.330 e. The lowest BCUT2D eigenvalue weighted by atomic mass is 9.87. The van der Waals surface area contributed by atoms with E-state index in [-0.39, 0.29) is 0 Å². The normalized spacial score (nSPS) is 19.2. The van der Waals surface area contributed by atoms with Gasteiger partial charge in [0, 0.05) is 12.6 Å². The van der Waals surface area contributed by atoms with Crippen LogP contribution in [0.25, 0.3) is 0 Å². The van der Waals surface area contributed by atoms with Crippen molar-refractivity contribution in [3.63, 3.8) is 0 Å². The first kappa shape index (κ1) is 10.0.